The van der Waals surface area contributed by atoms with E-state index in [9.17, 15) is 45.3 Å². The number of carbonyl (C=O) groups excluding carboxylic acids is 1. The number of carbonyl (C=O) groups is 2. The van der Waals surface area contributed by atoms with E-state index < -0.39 is 104 Å². The van der Waals surface area contributed by atoms with Crippen molar-refractivity contribution in [1.29, 1.82) is 0 Å². The van der Waals surface area contributed by atoms with Gasteiger partial charge >= 0.3 is 12.0 Å². The Bertz CT molecular complexity index is 949. The fourth-order valence-electron chi connectivity index (χ4n) is 5.90. The Balaban J connectivity index is 1.80. The van der Waals surface area contributed by atoms with Crippen molar-refractivity contribution in [3.8, 4) is 0 Å². The number of carboxylic acids is 1. The molecule has 0 aromatic rings. The summed E-state index contributed by atoms with van der Waals surface area (Å²) in [7, 11) is 0. The molecule has 2 amide bonds. The summed E-state index contributed by atoms with van der Waals surface area (Å²) in [6, 6.07) is -0.483. The lowest BCUT2D eigenvalue weighted by molar-refractivity contribution is -0.355. The van der Waals surface area contributed by atoms with Crippen molar-refractivity contribution in [3.63, 3.8) is 0 Å². The minimum atomic E-state index is -1.71. The number of urea groups is 1. The van der Waals surface area contributed by atoms with Crippen LogP contribution in [0.15, 0.2) is 0 Å². The Morgan fingerprint density at radius 3 is 2.19 bits per heavy atom. The number of rotatable bonds is 17. The zero-order valence-corrected chi connectivity index (χ0v) is 27.3. The SMILES string of the molecule is CCCCCCCC(OC1C(O)C(CO)OC(OC2CCOC(CNC(=O)NCC)C2OC2OC(C)C(O)C(O)C2O)C1O)C(=O)O. The fourth-order valence-corrected chi connectivity index (χ4v) is 5.90. The Kier molecular flexibility index (Phi) is 16.4. The molecule has 3 fully saturated rings. The molecule has 9 N–H and O–H groups in total. The third kappa shape index (κ3) is 10.9. The first-order valence-corrected chi connectivity index (χ1v) is 16.6. The van der Waals surface area contributed by atoms with E-state index in [0.29, 0.717) is 13.0 Å². The summed E-state index contributed by atoms with van der Waals surface area (Å²) in [6.07, 6.45) is -14.4. The number of aliphatic carboxylic acids is 1. The van der Waals surface area contributed by atoms with Gasteiger partial charge in [-0.3, -0.25) is 0 Å². The summed E-state index contributed by atoms with van der Waals surface area (Å²) < 4.78 is 35.2. The number of hydrogen-bond acceptors (Lipinski definition) is 14. The molecule has 274 valence electrons. The molecular formula is C30H54N2O15. The first-order chi connectivity index (χ1) is 22.4. The number of amides is 2. The van der Waals surface area contributed by atoms with Gasteiger partial charge in [-0.15, -0.1) is 0 Å². The van der Waals surface area contributed by atoms with Gasteiger partial charge in [0.2, 0.25) is 0 Å². The molecule has 0 aromatic carbocycles. The lowest BCUT2D eigenvalue weighted by Crippen LogP contribution is -2.64. The minimum Gasteiger partial charge on any atom is -0.479 e. The summed E-state index contributed by atoms with van der Waals surface area (Å²) in [4.78, 5) is 24.2. The molecule has 3 aliphatic heterocycles. The van der Waals surface area contributed by atoms with Crippen LogP contribution < -0.4 is 10.6 Å². The van der Waals surface area contributed by atoms with E-state index >= 15 is 0 Å². The molecule has 17 nitrogen and oxygen atoms in total. The third-order valence-electron chi connectivity index (χ3n) is 8.67. The number of ether oxygens (including phenoxy) is 6. The predicted octanol–water partition coefficient (Wildman–Crippen LogP) is -1.67. The summed E-state index contributed by atoms with van der Waals surface area (Å²) >= 11 is 0. The first kappa shape index (κ1) is 39.7. The maximum absolute atomic E-state index is 12.2. The van der Waals surface area contributed by atoms with Gasteiger partial charge in [0.05, 0.1) is 18.8 Å². The van der Waals surface area contributed by atoms with Gasteiger partial charge in [0.1, 0.15) is 54.9 Å². The van der Waals surface area contributed by atoms with Crippen LogP contribution in [0.1, 0.15) is 65.7 Å². The molecule has 3 saturated heterocycles. The molecule has 0 bridgehead atoms. The molecular weight excluding hydrogens is 628 g/mol. The number of unbranched alkanes of at least 4 members (excludes halogenated alkanes) is 4. The second-order valence-corrected chi connectivity index (χ2v) is 12.2. The van der Waals surface area contributed by atoms with Crippen molar-refractivity contribution < 1.29 is 73.8 Å². The lowest BCUT2D eigenvalue weighted by atomic mass is 9.97. The van der Waals surface area contributed by atoms with Gasteiger partial charge < -0.3 is 74.8 Å². The predicted molar refractivity (Wildman–Crippen MR) is 161 cm³/mol. The number of carboxylic acid groups (broad SMARTS) is 1. The molecule has 0 aliphatic carbocycles. The highest BCUT2D eigenvalue weighted by molar-refractivity contribution is 5.73. The van der Waals surface area contributed by atoms with Crippen molar-refractivity contribution in [1.82, 2.24) is 10.6 Å². The van der Waals surface area contributed by atoms with Gasteiger partial charge in [-0.1, -0.05) is 39.0 Å². The highest BCUT2D eigenvalue weighted by Gasteiger charge is 2.51. The van der Waals surface area contributed by atoms with Gasteiger partial charge in [-0.05, 0) is 26.7 Å². The number of hydrogen-bond donors (Lipinski definition) is 9. The van der Waals surface area contributed by atoms with E-state index in [1.165, 1.54) is 6.92 Å². The van der Waals surface area contributed by atoms with Crippen LogP contribution >= 0.6 is 0 Å². The Labute approximate surface area is 274 Å². The molecule has 0 radical (unpaired) electrons. The van der Waals surface area contributed by atoms with Gasteiger partial charge in [-0.25, -0.2) is 9.59 Å². The summed E-state index contributed by atoms with van der Waals surface area (Å²) in [6.45, 7) is 4.97. The van der Waals surface area contributed by atoms with Crippen LogP contribution in [0, 0.1) is 0 Å². The van der Waals surface area contributed by atoms with Crippen LogP contribution in [0.4, 0.5) is 4.79 Å². The molecule has 17 heteroatoms. The maximum Gasteiger partial charge on any atom is 0.332 e. The van der Waals surface area contributed by atoms with Gasteiger partial charge in [0, 0.05) is 19.7 Å². The fraction of sp³-hybridized carbons (Fsp3) is 0.933. The normalized spacial score (nSPS) is 38.4. The van der Waals surface area contributed by atoms with Crippen molar-refractivity contribution in [2.75, 3.05) is 26.3 Å². The third-order valence-corrected chi connectivity index (χ3v) is 8.67. The monoisotopic (exact) mass is 682 g/mol. The van der Waals surface area contributed by atoms with Crippen LogP contribution in [0.2, 0.25) is 0 Å². The Morgan fingerprint density at radius 1 is 0.830 bits per heavy atom. The molecule has 3 rings (SSSR count). The molecule has 14 unspecified atom stereocenters. The highest BCUT2D eigenvalue weighted by atomic mass is 16.7. The molecule has 14 atom stereocenters. The smallest absolute Gasteiger partial charge is 0.332 e. The quantitative estimate of drug-likeness (QED) is 0.0778. The zero-order valence-electron chi connectivity index (χ0n) is 27.3. The van der Waals surface area contributed by atoms with Crippen LogP contribution in [0.5, 0.6) is 0 Å². The molecule has 0 saturated carbocycles. The van der Waals surface area contributed by atoms with E-state index in [1.807, 2.05) is 0 Å². The molecule has 3 heterocycles. The Hall–Kier alpha value is -1.74. The molecule has 47 heavy (non-hydrogen) atoms. The van der Waals surface area contributed by atoms with Crippen molar-refractivity contribution >= 4 is 12.0 Å². The largest absolute Gasteiger partial charge is 0.479 e. The second kappa shape index (κ2) is 19.4. The number of nitrogens with one attached hydrogen (secondary N) is 2. The van der Waals surface area contributed by atoms with E-state index in [-0.39, 0.29) is 26.0 Å². The molecule has 0 spiro atoms. The molecule has 3 aliphatic rings. The van der Waals surface area contributed by atoms with E-state index in [4.69, 9.17) is 28.4 Å². The second-order valence-electron chi connectivity index (χ2n) is 12.2. The lowest BCUT2D eigenvalue weighted by Gasteiger charge is -2.47. The zero-order chi connectivity index (χ0) is 34.7. The van der Waals surface area contributed by atoms with Crippen LogP contribution in [-0.2, 0) is 33.2 Å². The van der Waals surface area contributed by atoms with Crippen molar-refractivity contribution in [2.45, 2.75) is 152 Å². The van der Waals surface area contributed by atoms with E-state index in [2.05, 4.69) is 17.6 Å². The van der Waals surface area contributed by atoms with E-state index in [0.717, 1.165) is 25.7 Å². The van der Waals surface area contributed by atoms with Gasteiger partial charge in [0.15, 0.2) is 18.7 Å². The first-order valence-electron chi connectivity index (χ1n) is 16.6. The standard InChI is InChI=1S/C30H54N2O15/c1-4-6-7-8-9-10-17(27(39)40)44-26-21(35)19(14-33)46-29(24(26)38)45-16-11-12-42-18(13-32-30(41)31-5-2)25(16)47-28-23(37)22(36)20(34)15(3)43-28/h15-26,28-29,33-38H,4-14H2,1-3H3,(H,39,40)(H2,31,32,41). The summed E-state index contributed by atoms with van der Waals surface area (Å²) in [5, 5.41) is 78.3. The topological polar surface area (TPSA) is 255 Å². The summed E-state index contributed by atoms with van der Waals surface area (Å²) in [5.74, 6) is -1.27. The van der Waals surface area contributed by atoms with Gasteiger partial charge in [-0.2, -0.15) is 0 Å². The number of aliphatic hydroxyl groups is 6. The average molecular weight is 683 g/mol. The van der Waals surface area contributed by atoms with Crippen molar-refractivity contribution in [2.24, 2.45) is 0 Å². The van der Waals surface area contributed by atoms with Crippen LogP contribution in [-0.4, -0.2) is 160 Å². The summed E-state index contributed by atoms with van der Waals surface area (Å²) in [5.41, 5.74) is 0. The average Bonchev–Trinajstić information content (AvgIpc) is 3.04. The Morgan fingerprint density at radius 2 is 1.53 bits per heavy atom. The minimum absolute atomic E-state index is 0.0871. The molecule has 0 aromatic heterocycles. The number of aliphatic hydroxyl groups excluding tert-OH is 6. The van der Waals surface area contributed by atoms with Gasteiger partial charge in [0.25, 0.3) is 0 Å². The van der Waals surface area contributed by atoms with Crippen LogP contribution in [0.3, 0.4) is 0 Å². The maximum atomic E-state index is 12.2. The van der Waals surface area contributed by atoms with E-state index in [1.54, 1.807) is 6.92 Å². The highest BCUT2D eigenvalue weighted by Crippen LogP contribution is 2.32. The van der Waals surface area contributed by atoms with Crippen LogP contribution in [0.25, 0.3) is 0 Å². The van der Waals surface area contributed by atoms with Crippen molar-refractivity contribution in [3.05, 3.63) is 0 Å².